The molecule has 0 atom stereocenters. The Labute approximate surface area is 307 Å². The van der Waals surface area contributed by atoms with E-state index in [1.807, 2.05) is 17.4 Å². The lowest BCUT2D eigenvalue weighted by Gasteiger charge is -2.26. The highest BCUT2D eigenvalue weighted by Crippen LogP contribution is 2.46. The summed E-state index contributed by atoms with van der Waals surface area (Å²) < 4.78 is 10.3. The molecule has 0 aliphatic rings. The number of furan rings is 1. The minimum atomic E-state index is 0.855. The SMILES string of the molecule is c1ccc(-c2nc3cc4c(cc3s2)oc2cccc(N(c3ccc(-c5cccc6ccccc56)cc3)c3ccc5sc6ccccc6c5c3)c24)cc1. The van der Waals surface area contributed by atoms with Crippen molar-refractivity contribution < 1.29 is 4.42 Å². The second-order valence-corrected chi connectivity index (χ2v) is 15.3. The maximum Gasteiger partial charge on any atom is 0.137 e. The van der Waals surface area contributed by atoms with Crippen molar-refractivity contribution in [3.63, 3.8) is 0 Å². The lowest BCUT2D eigenvalue weighted by atomic mass is 9.98. The standard InChI is InChI=1S/C47H28N2OS2/c1-2-11-31(12-3-1)47-48-39-27-38-42(28-45(39)52-47)50-41-18-9-17-40(46(38)41)49(33-24-25-44-37(26-33)36-15-6-7-19-43(36)51-44)32-22-20-30(21-23-32)35-16-8-13-29-10-4-5-14-34(29)35/h1-28H. The number of thiophene rings is 1. The van der Waals surface area contributed by atoms with Crippen LogP contribution in [0.1, 0.15) is 0 Å². The molecule has 0 saturated carbocycles. The van der Waals surface area contributed by atoms with E-state index in [2.05, 4.69) is 169 Å². The molecule has 0 spiro atoms. The molecular weight excluding hydrogens is 673 g/mol. The van der Waals surface area contributed by atoms with E-state index < -0.39 is 0 Å². The molecule has 0 saturated heterocycles. The van der Waals surface area contributed by atoms with Gasteiger partial charge in [0.15, 0.2) is 0 Å². The van der Waals surface area contributed by atoms with Crippen molar-refractivity contribution in [2.75, 3.05) is 4.90 Å². The van der Waals surface area contributed by atoms with Crippen LogP contribution >= 0.6 is 22.7 Å². The topological polar surface area (TPSA) is 29.3 Å². The second-order valence-electron chi connectivity index (χ2n) is 13.1. The molecule has 11 rings (SSSR count). The largest absolute Gasteiger partial charge is 0.456 e. The Balaban J connectivity index is 1.13. The summed E-state index contributed by atoms with van der Waals surface area (Å²) in [6.45, 7) is 0. The molecule has 0 bridgehead atoms. The van der Waals surface area contributed by atoms with E-state index in [0.29, 0.717) is 0 Å². The molecule has 244 valence electrons. The molecule has 0 radical (unpaired) electrons. The van der Waals surface area contributed by atoms with Gasteiger partial charge < -0.3 is 9.32 Å². The van der Waals surface area contributed by atoms with E-state index in [1.165, 1.54) is 42.1 Å². The number of fused-ring (bicyclic) bond motifs is 8. The van der Waals surface area contributed by atoms with Crippen LogP contribution in [-0.4, -0.2) is 4.98 Å². The fourth-order valence-corrected chi connectivity index (χ4v) is 9.73. The number of aromatic nitrogens is 1. The zero-order valence-corrected chi connectivity index (χ0v) is 29.4. The van der Waals surface area contributed by atoms with Crippen molar-refractivity contribution in [3.05, 3.63) is 170 Å². The third-order valence-corrected chi connectivity index (χ3v) is 12.3. The summed E-state index contributed by atoms with van der Waals surface area (Å²) in [6.07, 6.45) is 0. The summed E-state index contributed by atoms with van der Waals surface area (Å²) in [7, 11) is 0. The van der Waals surface area contributed by atoms with Gasteiger partial charge in [-0.2, -0.15) is 0 Å². The van der Waals surface area contributed by atoms with E-state index in [0.717, 1.165) is 59.8 Å². The van der Waals surface area contributed by atoms with Crippen LogP contribution in [0, 0.1) is 0 Å². The Morgan fingerprint density at radius 2 is 1.21 bits per heavy atom. The van der Waals surface area contributed by atoms with E-state index in [4.69, 9.17) is 9.40 Å². The van der Waals surface area contributed by atoms with E-state index >= 15 is 0 Å². The number of nitrogens with zero attached hydrogens (tertiary/aromatic N) is 2. The highest BCUT2D eigenvalue weighted by atomic mass is 32.1. The molecule has 5 heteroatoms. The van der Waals surface area contributed by atoms with Crippen LogP contribution in [0.5, 0.6) is 0 Å². The molecule has 0 amide bonds. The van der Waals surface area contributed by atoms with Gasteiger partial charge in [0.05, 0.1) is 21.3 Å². The van der Waals surface area contributed by atoms with E-state index in [9.17, 15) is 0 Å². The summed E-state index contributed by atoms with van der Waals surface area (Å²) in [4.78, 5) is 7.48. The third kappa shape index (κ3) is 4.67. The minimum Gasteiger partial charge on any atom is -0.456 e. The van der Waals surface area contributed by atoms with Crippen molar-refractivity contribution >= 4 is 103 Å². The number of thiazole rings is 1. The lowest BCUT2D eigenvalue weighted by Crippen LogP contribution is -2.10. The first-order valence-corrected chi connectivity index (χ1v) is 19.0. The van der Waals surface area contributed by atoms with Crippen molar-refractivity contribution in [3.8, 4) is 21.7 Å². The molecule has 8 aromatic carbocycles. The molecule has 3 heterocycles. The van der Waals surface area contributed by atoms with Crippen LogP contribution in [0.4, 0.5) is 17.1 Å². The highest BCUT2D eigenvalue weighted by Gasteiger charge is 2.22. The van der Waals surface area contributed by atoms with E-state index in [-0.39, 0.29) is 0 Å². The maximum atomic E-state index is 6.63. The number of hydrogen-bond donors (Lipinski definition) is 0. The van der Waals surface area contributed by atoms with Crippen molar-refractivity contribution in [1.82, 2.24) is 4.98 Å². The Morgan fingerprint density at radius 1 is 0.462 bits per heavy atom. The van der Waals surface area contributed by atoms with Gasteiger partial charge in [0.1, 0.15) is 16.2 Å². The summed E-state index contributed by atoms with van der Waals surface area (Å²) >= 11 is 3.54. The van der Waals surface area contributed by atoms with Crippen LogP contribution in [0.25, 0.3) is 84.8 Å². The van der Waals surface area contributed by atoms with Crippen LogP contribution in [0.2, 0.25) is 0 Å². The fraction of sp³-hybridized carbons (Fsp3) is 0. The molecule has 0 aliphatic carbocycles. The fourth-order valence-electron chi connectivity index (χ4n) is 7.67. The maximum absolute atomic E-state index is 6.63. The summed E-state index contributed by atoms with van der Waals surface area (Å²) in [5.41, 5.74) is 9.47. The van der Waals surface area contributed by atoms with Gasteiger partial charge in [0.25, 0.3) is 0 Å². The lowest BCUT2D eigenvalue weighted by molar-refractivity contribution is 0.669. The van der Waals surface area contributed by atoms with Gasteiger partial charge in [-0.1, -0.05) is 109 Å². The molecular formula is C47H28N2OS2. The second kappa shape index (κ2) is 11.6. The van der Waals surface area contributed by atoms with Gasteiger partial charge >= 0.3 is 0 Å². The van der Waals surface area contributed by atoms with Gasteiger partial charge in [0.2, 0.25) is 0 Å². The molecule has 11 aromatic rings. The molecule has 0 N–H and O–H groups in total. The van der Waals surface area contributed by atoms with Crippen LogP contribution in [0.3, 0.4) is 0 Å². The predicted octanol–water partition coefficient (Wildman–Crippen LogP) is 14.5. The Bertz CT molecular complexity index is 3130. The number of anilines is 3. The van der Waals surface area contributed by atoms with Crippen molar-refractivity contribution in [2.45, 2.75) is 0 Å². The average molecular weight is 701 g/mol. The van der Waals surface area contributed by atoms with Crippen LogP contribution < -0.4 is 4.90 Å². The molecule has 0 fully saturated rings. The predicted molar refractivity (Wildman–Crippen MR) is 223 cm³/mol. The number of benzene rings is 8. The van der Waals surface area contributed by atoms with Gasteiger partial charge in [-0.15, -0.1) is 22.7 Å². The van der Waals surface area contributed by atoms with Crippen LogP contribution in [0.15, 0.2) is 174 Å². The summed E-state index contributed by atoms with van der Waals surface area (Å²) in [5.74, 6) is 0. The van der Waals surface area contributed by atoms with E-state index in [1.54, 1.807) is 11.3 Å². The average Bonchev–Trinajstić information content (AvgIpc) is 3.90. The molecule has 3 aromatic heterocycles. The van der Waals surface area contributed by atoms with Crippen LogP contribution in [-0.2, 0) is 0 Å². The quantitative estimate of drug-likeness (QED) is 0.179. The molecule has 0 aliphatic heterocycles. The monoisotopic (exact) mass is 700 g/mol. The zero-order valence-electron chi connectivity index (χ0n) is 27.8. The smallest absolute Gasteiger partial charge is 0.137 e. The van der Waals surface area contributed by atoms with Gasteiger partial charge in [-0.05, 0) is 76.5 Å². The number of hydrogen-bond acceptors (Lipinski definition) is 5. The Morgan fingerprint density at radius 3 is 2.12 bits per heavy atom. The van der Waals surface area contributed by atoms with Crippen molar-refractivity contribution in [1.29, 1.82) is 0 Å². The van der Waals surface area contributed by atoms with Crippen molar-refractivity contribution in [2.24, 2.45) is 0 Å². The van der Waals surface area contributed by atoms with Gasteiger partial charge in [0, 0.05) is 48.6 Å². The van der Waals surface area contributed by atoms with Gasteiger partial charge in [-0.3, -0.25) is 0 Å². The first-order chi connectivity index (χ1) is 25.7. The minimum absolute atomic E-state index is 0.855. The molecule has 0 unspecified atom stereocenters. The zero-order chi connectivity index (χ0) is 34.2. The Hall–Kier alpha value is -6.27. The van der Waals surface area contributed by atoms with Gasteiger partial charge in [-0.25, -0.2) is 4.98 Å². The third-order valence-electron chi connectivity index (χ3n) is 10.1. The highest BCUT2D eigenvalue weighted by molar-refractivity contribution is 7.25. The summed E-state index contributed by atoms with van der Waals surface area (Å²) in [6, 6.07) is 60.9. The first kappa shape index (κ1) is 29.5. The first-order valence-electron chi connectivity index (χ1n) is 17.4. The molecule has 52 heavy (non-hydrogen) atoms. The Kier molecular flexibility index (Phi) is 6.59. The summed E-state index contributed by atoms with van der Waals surface area (Å²) in [5, 5.41) is 8.18. The number of rotatable bonds is 5. The normalized spacial score (nSPS) is 11.8. The molecule has 3 nitrogen and oxygen atoms in total.